The molecule has 3 rings (SSSR count). The Morgan fingerprint density at radius 3 is 2.71 bits per heavy atom. The van der Waals surface area contributed by atoms with Gasteiger partial charge in [-0.05, 0) is 61.8 Å². The molecule has 1 saturated heterocycles. The van der Waals surface area contributed by atoms with Gasteiger partial charge in [-0.3, -0.25) is 9.69 Å². The molecule has 0 bridgehead atoms. The molecular weight excluding hydrogens is 304 g/mol. The molecule has 2 fully saturated rings. The zero-order valence-corrected chi connectivity index (χ0v) is 14.4. The fraction of sp³-hybridized carbons (Fsp3) is 0.632. The van der Waals surface area contributed by atoms with E-state index in [0.29, 0.717) is 18.4 Å². The summed E-state index contributed by atoms with van der Waals surface area (Å²) in [6.07, 6.45) is 4.47. The normalized spacial score (nSPS) is 22.8. The number of aliphatic hydroxyl groups excluding tert-OH is 1. The van der Waals surface area contributed by atoms with Gasteiger partial charge >= 0.3 is 0 Å². The Labute approximate surface area is 144 Å². The number of likely N-dealkylation sites (tertiary alicyclic amines) is 1. The van der Waals surface area contributed by atoms with Crippen molar-refractivity contribution in [2.24, 2.45) is 11.8 Å². The Hall–Kier alpha value is -1.59. The molecular formula is C19H28N2O3. The van der Waals surface area contributed by atoms with Crippen LogP contribution in [-0.4, -0.2) is 49.3 Å². The van der Waals surface area contributed by atoms with E-state index in [1.54, 1.807) is 7.11 Å². The standard InChI is InChI=1S/C19H28N2O3/c1-24-17-8-6-16(7-9-17)19(15-4-5-15)20-18(23)12-21-10-2-3-14(11-21)13-22/h6-9,14-15,19,22H,2-5,10-13H2,1H3,(H,20,23). The molecule has 1 aromatic rings. The summed E-state index contributed by atoms with van der Waals surface area (Å²) in [5.41, 5.74) is 1.15. The minimum absolute atomic E-state index is 0.0845. The maximum Gasteiger partial charge on any atom is 0.234 e. The number of hydrogen-bond acceptors (Lipinski definition) is 4. The van der Waals surface area contributed by atoms with E-state index in [1.165, 1.54) is 12.8 Å². The minimum atomic E-state index is 0.0845. The highest BCUT2D eigenvalue weighted by Gasteiger charge is 2.33. The number of hydrogen-bond donors (Lipinski definition) is 2. The Morgan fingerprint density at radius 1 is 1.33 bits per heavy atom. The van der Waals surface area contributed by atoms with E-state index in [2.05, 4.69) is 10.2 Å². The van der Waals surface area contributed by atoms with Crippen LogP contribution in [0.5, 0.6) is 5.75 Å². The summed E-state index contributed by atoms with van der Waals surface area (Å²) in [6, 6.07) is 8.10. The van der Waals surface area contributed by atoms with E-state index in [9.17, 15) is 9.90 Å². The highest BCUT2D eigenvalue weighted by atomic mass is 16.5. The highest BCUT2D eigenvalue weighted by molar-refractivity contribution is 5.78. The molecule has 1 aromatic carbocycles. The zero-order valence-electron chi connectivity index (χ0n) is 14.4. The number of aliphatic hydroxyl groups is 1. The summed E-state index contributed by atoms with van der Waals surface area (Å²) in [7, 11) is 1.66. The van der Waals surface area contributed by atoms with Crippen molar-refractivity contribution in [1.82, 2.24) is 10.2 Å². The van der Waals surface area contributed by atoms with Crippen LogP contribution in [0.3, 0.4) is 0 Å². The van der Waals surface area contributed by atoms with Gasteiger partial charge in [-0.2, -0.15) is 0 Å². The molecule has 0 aromatic heterocycles. The van der Waals surface area contributed by atoms with Gasteiger partial charge in [-0.15, -0.1) is 0 Å². The van der Waals surface area contributed by atoms with Crippen LogP contribution in [0, 0.1) is 11.8 Å². The molecule has 2 atom stereocenters. The van der Waals surface area contributed by atoms with Crippen molar-refractivity contribution in [2.75, 3.05) is 33.4 Å². The number of nitrogens with zero attached hydrogens (tertiary/aromatic N) is 1. The van der Waals surface area contributed by atoms with E-state index in [0.717, 1.165) is 37.2 Å². The van der Waals surface area contributed by atoms with Gasteiger partial charge in [-0.25, -0.2) is 0 Å². The summed E-state index contributed by atoms with van der Waals surface area (Å²) in [5.74, 6) is 1.78. The largest absolute Gasteiger partial charge is 0.497 e. The van der Waals surface area contributed by atoms with Crippen molar-refractivity contribution in [3.63, 3.8) is 0 Å². The number of benzene rings is 1. The third kappa shape index (κ3) is 4.48. The molecule has 1 saturated carbocycles. The third-order valence-electron chi connectivity index (χ3n) is 5.11. The van der Waals surface area contributed by atoms with Crippen LogP contribution in [-0.2, 0) is 4.79 Å². The molecule has 5 nitrogen and oxygen atoms in total. The number of nitrogens with one attached hydrogen (secondary N) is 1. The second kappa shape index (κ2) is 7.99. The Bertz CT molecular complexity index is 542. The molecule has 1 amide bonds. The van der Waals surface area contributed by atoms with Crippen LogP contribution in [0.25, 0.3) is 0 Å². The molecule has 1 heterocycles. The van der Waals surface area contributed by atoms with E-state index in [1.807, 2.05) is 24.3 Å². The van der Waals surface area contributed by atoms with Gasteiger partial charge in [-0.1, -0.05) is 12.1 Å². The smallest absolute Gasteiger partial charge is 0.234 e. The Balaban J connectivity index is 1.57. The van der Waals surface area contributed by atoms with Gasteiger partial charge in [0, 0.05) is 13.2 Å². The van der Waals surface area contributed by atoms with Crippen molar-refractivity contribution in [3.05, 3.63) is 29.8 Å². The SMILES string of the molecule is COc1ccc(C(NC(=O)CN2CCCC(CO)C2)C2CC2)cc1. The predicted molar refractivity (Wildman–Crippen MR) is 92.9 cm³/mol. The maximum atomic E-state index is 12.5. The van der Waals surface area contributed by atoms with E-state index in [-0.39, 0.29) is 18.6 Å². The summed E-state index contributed by atoms with van der Waals surface area (Å²) in [6.45, 7) is 2.41. The lowest BCUT2D eigenvalue weighted by atomic mass is 9.99. The molecule has 2 aliphatic rings. The number of carbonyl (C=O) groups excluding carboxylic acids is 1. The number of ether oxygens (including phenoxy) is 1. The van der Waals surface area contributed by atoms with Gasteiger partial charge in [0.25, 0.3) is 0 Å². The fourth-order valence-corrected chi connectivity index (χ4v) is 3.58. The average Bonchev–Trinajstić information content (AvgIpc) is 3.45. The van der Waals surface area contributed by atoms with Crippen molar-refractivity contribution in [2.45, 2.75) is 31.7 Å². The van der Waals surface area contributed by atoms with Crippen LogP contribution < -0.4 is 10.1 Å². The highest BCUT2D eigenvalue weighted by Crippen LogP contribution is 2.41. The monoisotopic (exact) mass is 332 g/mol. The van der Waals surface area contributed by atoms with Gasteiger partial charge in [0.2, 0.25) is 5.91 Å². The van der Waals surface area contributed by atoms with E-state index >= 15 is 0 Å². The molecule has 5 heteroatoms. The lowest BCUT2D eigenvalue weighted by Crippen LogP contribution is -2.44. The molecule has 2 N–H and O–H groups in total. The van der Waals surface area contributed by atoms with Crippen LogP contribution in [0.2, 0.25) is 0 Å². The van der Waals surface area contributed by atoms with Gasteiger partial charge in [0.15, 0.2) is 0 Å². The first-order valence-electron chi connectivity index (χ1n) is 8.96. The van der Waals surface area contributed by atoms with Crippen LogP contribution in [0.1, 0.15) is 37.3 Å². The maximum absolute atomic E-state index is 12.5. The second-order valence-electron chi connectivity index (χ2n) is 7.08. The quantitative estimate of drug-likeness (QED) is 0.801. The molecule has 132 valence electrons. The summed E-state index contributed by atoms with van der Waals surface area (Å²) >= 11 is 0. The van der Waals surface area contributed by atoms with Gasteiger partial charge in [0.1, 0.15) is 5.75 Å². The Morgan fingerprint density at radius 2 is 2.08 bits per heavy atom. The first-order chi connectivity index (χ1) is 11.7. The van der Waals surface area contributed by atoms with Crippen LogP contribution in [0.4, 0.5) is 0 Å². The molecule has 1 aliphatic carbocycles. The second-order valence-corrected chi connectivity index (χ2v) is 7.08. The first kappa shape index (κ1) is 17.2. The lowest BCUT2D eigenvalue weighted by molar-refractivity contribution is -0.123. The molecule has 24 heavy (non-hydrogen) atoms. The number of amides is 1. The average molecular weight is 332 g/mol. The molecule has 1 aliphatic heterocycles. The summed E-state index contributed by atoms with van der Waals surface area (Å²) in [4.78, 5) is 14.7. The number of methoxy groups -OCH3 is 1. The van der Waals surface area contributed by atoms with Crippen molar-refractivity contribution >= 4 is 5.91 Å². The van der Waals surface area contributed by atoms with E-state index in [4.69, 9.17) is 4.74 Å². The number of rotatable bonds is 7. The van der Waals surface area contributed by atoms with Crippen molar-refractivity contribution in [3.8, 4) is 5.75 Å². The molecule has 2 unspecified atom stereocenters. The Kier molecular flexibility index (Phi) is 5.74. The molecule has 0 spiro atoms. The lowest BCUT2D eigenvalue weighted by Gasteiger charge is -2.31. The zero-order chi connectivity index (χ0) is 16.9. The van der Waals surface area contributed by atoms with Crippen LogP contribution in [0.15, 0.2) is 24.3 Å². The third-order valence-corrected chi connectivity index (χ3v) is 5.11. The van der Waals surface area contributed by atoms with Gasteiger partial charge < -0.3 is 15.2 Å². The summed E-state index contributed by atoms with van der Waals surface area (Å²) in [5, 5.41) is 12.6. The minimum Gasteiger partial charge on any atom is -0.497 e. The van der Waals surface area contributed by atoms with E-state index < -0.39 is 0 Å². The van der Waals surface area contributed by atoms with Crippen molar-refractivity contribution in [1.29, 1.82) is 0 Å². The number of piperidine rings is 1. The number of carbonyl (C=O) groups is 1. The van der Waals surface area contributed by atoms with Crippen molar-refractivity contribution < 1.29 is 14.6 Å². The van der Waals surface area contributed by atoms with Crippen LogP contribution >= 0.6 is 0 Å². The molecule has 0 radical (unpaired) electrons. The fourth-order valence-electron chi connectivity index (χ4n) is 3.58. The first-order valence-corrected chi connectivity index (χ1v) is 8.96. The summed E-state index contributed by atoms with van der Waals surface area (Å²) < 4.78 is 5.21. The van der Waals surface area contributed by atoms with Gasteiger partial charge in [0.05, 0.1) is 19.7 Å². The predicted octanol–water partition coefficient (Wildman–Crippen LogP) is 1.97. The topological polar surface area (TPSA) is 61.8 Å².